The zero-order valence-electron chi connectivity index (χ0n) is 24.1. The van der Waals surface area contributed by atoms with Gasteiger partial charge < -0.3 is 29.3 Å². The summed E-state index contributed by atoms with van der Waals surface area (Å²) >= 11 is 1.20. The molecule has 0 saturated heterocycles. The van der Waals surface area contributed by atoms with Crippen LogP contribution >= 0.6 is 11.8 Å². The fraction of sp³-hybridized carbons (Fsp3) is 0.250. The Hall–Kier alpha value is -4.29. The number of rotatable bonds is 8. The molecule has 0 fully saturated rings. The van der Waals surface area contributed by atoms with Gasteiger partial charge in [-0.25, -0.2) is 18.2 Å². The first-order valence-electron chi connectivity index (χ1n) is 13.6. The number of H-pyrrole nitrogens is 2. The lowest BCUT2D eigenvalue weighted by atomic mass is 9.74. The number of aliphatic hydroxyl groups is 1. The first kappa shape index (κ1) is 31.1. The predicted molar refractivity (Wildman–Crippen MR) is 160 cm³/mol. The van der Waals surface area contributed by atoms with E-state index in [2.05, 4.69) is 15.0 Å². The van der Waals surface area contributed by atoms with Gasteiger partial charge in [0.15, 0.2) is 11.6 Å². The molecule has 12 heteroatoms. The number of halogens is 4. The number of nitrogens with zero attached hydrogens (tertiary/aromatic N) is 1. The Morgan fingerprint density at radius 1 is 1.14 bits per heavy atom. The molecule has 6 rings (SSSR count). The molecular formula is C32H29F4N3O4S. The topological polar surface area (TPSA) is 100 Å². The molecule has 0 spiro atoms. The van der Waals surface area contributed by atoms with E-state index in [1.807, 2.05) is 6.92 Å². The van der Waals surface area contributed by atoms with Gasteiger partial charge in [-0.1, -0.05) is 0 Å². The van der Waals surface area contributed by atoms with E-state index in [0.717, 1.165) is 19.5 Å². The minimum atomic E-state index is -1.16. The number of fused-ring (bicyclic) bond motifs is 2. The van der Waals surface area contributed by atoms with Crippen molar-refractivity contribution < 1.29 is 36.9 Å². The van der Waals surface area contributed by atoms with E-state index in [1.54, 1.807) is 18.5 Å². The molecule has 0 amide bonds. The lowest BCUT2D eigenvalue weighted by Crippen LogP contribution is -2.32. The van der Waals surface area contributed by atoms with Crippen LogP contribution in [0, 0.1) is 23.3 Å². The monoisotopic (exact) mass is 627 g/mol. The van der Waals surface area contributed by atoms with Gasteiger partial charge in [0.25, 0.3) is 0 Å². The van der Waals surface area contributed by atoms with Gasteiger partial charge >= 0.3 is 0 Å². The maximum atomic E-state index is 15.1. The summed E-state index contributed by atoms with van der Waals surface area (Å²) in [6, 6.07) is 8.26. The molecule has 0 saturated carbocycles. The van der Waals surface area contributed by atoms with E-state index in [0.29, 0.717) is 52.3 Å². The molecule has 5 aromatic rings. The molecule has 0 radical (unpaired) electrons. The van der Waals surface area contributed by atoms with E-state index in [-0.39, 0.29) is 34.8 Å². The van der Waals surface area contributed by atoms with Crippen molar-refractivity contribution in [2.75, 3.05) is 20.0 Å². The molecule has 1 atom stereocenters. The van der Waals surface area contributed by atoms with Gasteiger partial charge in [-0.3, -0.25) is 0 Å². The first-order chi connectivity index (χ1) is 21.2. The second-order valence-corrected chi connectivity index (χ2v) is 11.0. The Labute approximate surface area is 254 Å². The van der Waals surface area contributed by atoms with Gasteiger partial charge in [0.05, 0.1) is 22.6 Å². The van der Waals surface area contributed by atoms with Crippen LogP contribution in [0.25, 0.3) is 22.3 Å². The van der Waals surface area contributed by atoms with Crippen molar-refractivity contribution >= 4 is 29.0 Å². The van der Waals surface area contributed by atoms with Crippen LogP contribution in [0.4, 0.5) is 17.6 Å². The van der Waals surface area contributed by atoms with Crippen LogP contribution in [0.5, 0.6) is 17.2 Å². The highest BCUT2D eigenvalue weighted by atomic mass is 32.2. The van der Waals surface area contributed by atoms with Crippen LogP contribution in [-0.4, -0.2) is 46.3 Å². The number of aryl methyl sites for hydroxylation is 1. The van der Waals surface area contributed by atoms with Crippen molar-refractivity contribution in [3.63, 3.8) is 0 Å². The highest BCUT2D eigenvalue weighted by molar-refractivity contribution is 7.99. The number of ether oxygens (including phenoxy) is 2. The number of aromatic amines is 2. The van der Waals surface area contributed by atoms with E-state index in [9.17, 15) is 13.6 Å². The number of carbonyl (C=O) groups excluding carboxylic acids is 1. The standard InChI is InChI=1S/C31H25F4N3O3S.CH4O/c1-31(8-11-40-27-16(4-3-10-39)12-17(32)13-21(27)31)23-15-37-30(38-23)20-14-18(5-6-22(20)33)41-28-25(35)24(34)26-19(7-9-36-26)29(28)42-2;1-2/h5-7,9-10,12-15,36H,3-4,8,11H2,1-2H3,(H,37,38);2H,1H3/t31-;/m0./s1. The van der Waals surface area contributed by atoms with Crippen molar-refractivity contribution in [2.45, 2.75) is 36.5 Å². The largest absolute Gasteiger partial charge is 0.493 e. The first-order valence-corrected chi connectivity index (χ1v) is 14.9. The summed E-state index contributed by atoms with van der Waals surface area (Å²) in [6.07, 6.45) is 6.64. The minimum absolute atomic E-state index is 0.0334. The normalized spacial score (nSPS) is 15.7. The van der Waals surface area contributed by atoms with Gasteiger partial charge in [-0.15, -0.1) is 11.8 Å². The van der Waals surface area contributed by atoms with Gasteiger partial charge in [0.2, 0.25) is 5.82 Å². The van der Waals surface area contributed by atoms with Crippen LogP contribution in [0.1, 0.15) is 36.6 Å². The molecule has 0 aliphatic carbocycles. The molecule has 2 aromatic heterocycles. The molecule has 230 valence electrons. The van der Waals surface area contributed by atoms with E-state index in [4.69, 9.17) is 14.6 Å². The molecular weight excluding hydrogens is 598 g/mol. The summed E-state index contributed by atoms with van der Waals surface area (Å²) < 4.78 is 71.3. The Bertz CT molecular complexity index is 1840. The number of aromatic nitrogens is 3. The molecule has 1 aliphatic heterocycles. The van der Waals surface area contributed by atoms with Crippen molar-refractivity contribution in [3.05, 3.63) is 88.9 Å². The Morgan fingerprint density at radius 3 is 2.68 bits per heavy atom. The highest BCUT2D eigenvalue weighted by Crippen LogP contribution is 2.46. The predicted octanol–water partition coefficient (Wildman–Crippen LogP) is 7.46. The fourth-order valence-electron chi connectivity index (χ4n) is 5.47. The highest BCUT2D eigenvalue weighted by Gasteiger charge is 2.38. The molecule has 7 nitrogen and oxygen atoms in total. The summed E-state index contributed by atoms with van der Waals surface area (Å²) in [5.41, 5.74) is 1.15. The molecule has 3 heterocycles. The molecule has 44 heavy (non-hydrogen) atoms. The second-order valence-electron chi connectivity index (χ2n) is 10.2. The smallest absolute Gasteiger partial charge is 0.204 e. The molecule has 3 N–H and O–H groups in total. The molecule has 3 aromatic carbocycles. The lowest BCUT2D eigenvalue weighted by molar-refractivity contribution is -0.107. The van der Waals surface area contributed by atoms with Gasteiger partial charge in [-0.2, -0.15) is 4.39 Å². The third-order valence-corrected chi connectivity index (χ3v) is 8.52. The maximum Gasteiger partial charge on any atom is 0.204 e. The number of hydrogen-bond donors (Lipinski definition) is 3. The number of aldehydes is 1. The van der Waals surface area contributed by atoms with Crippen LogP contribution in [0.3, 0.4) is 0 Å². The number of imidazole rings is 1. The van der Waals surface area contributed by atoms with E-state index >= 15 is 8.78 Å². The average molecular weight is 628 g/mol. The zero-order valence-corrected chi connectivity index (χ0v) is 24.9. The van der Waals surface area contributed by atoms with E-state index in [1.165, 1.54) is 42.2 Å². The third-order valence-electron chi connectivity index (χ3n) is 7.70. The average Bonchev–Trinajstić information content (AvgIpc) is 3.72. The third kappa shape index (κ3) is 5.43. The maximum absolute atomic E-state index is 15.1. The van der Waals surface area contributed by atoms with Crippen LogP contribution < -0.4 is 9.47 Å². The number of aliphatic hydroxyl groups excluding tert-OH is 1. The summed E-state index contributed by atoms with van der Waals surface area (Å²) in [6.45, 7) is 2.27. The van der Waals surface area contributed by atoms with Gasteiger partial charge in [0.1, 0.15) is 35.2 Å². The van der Waals surface area contributed by atoms with Crippen LogP contribution in [0.15, 0.2) is 53.7 Å². The number of benzene rings is 3. The summed E-state index contributed by atoms with van der Waals surface area (Å²) in [5, 5.41) is 7.46. The summed E-state index contributed by atoms with van der Waals surface area (Å²) in [4.78, 5) is 21.6. The Morgan fingerprint density at radius 2 is 1.93 bits per heavy atom. The van der Waals surface area contributed by atoms with E-state index < -0.39 is 28.7 Å². The molecule has 0 bridgehead atoms. The Kier molecular flexibility index (Phi) is 9.02. The van der Waals surface area contributed by atoms with Crippen molar-refractivity contribution in [3.8, 4) is 28.6 Å². The Balaban J connectivity index is 0.00000188. The van der Waals surface area contributed by atoms with Gasteiger partial charge in [-0.05, 0) is 68.0 Å². The number of thioether (sulfide) groups is 1. The van der Waals surface area contributed by atoms with Crippen LogP contribution in [0.2, 0.25) is 0 Å². The minimum Gasteiger partial charge on any atom is -0.493 e. The van der Waals surface area contributed by atoms with Crippen molar-refractivity contribution in [1.29, 1.82) is 0 Å². The lowest BCUT2D eigenvalue weighted by Gasteiger charge is -2.36. The quantitative estimate of drug-likeness (QED) is 0.0939. The number of hydrogen-bond acceptors (Lipinski definition) is 6. The SMILES string of the molecule is CO.CSc1c(Oc2ccc(F)c(-c3ncc([C@@]4(C)CCOc5c(CCC=O)cc(F)cc54)[nH]3)c2)c(F)c(F)c2[nH]ccc12. The fourth-order valence-corrected chi connectivity index (χ4v) is 6.18. The molecule has 1 aliphatic rings. The number of nitrogens with one attached hydrogen (secondary N) is 2. The van der Waals surface area contributed by atoms with Crippen molar-refractivity contribution in [1.82, 2.24) is 15.0 Å². The summed E-state index contributed by atoms with van der Waals surface area (Å²) in [7, 11) is 1.00. The van der Waals surface area contributed by atoms with Gasteiger partial charge in [0, 0.05) is 48.0 Å². The van der Waals surface area contributed by atoms with Crippen molar-refractivity contribution in [2.24, 2.45) is 0 Å². The number of carbonyl (C=O) groups is 1. The summed E-state index contributed by atoms with van der Waals surface area (Å²) in [5.74, 6) is -2.81. The second kappa shape index (κ2) is 12.7. The van der Waals surface area contributed by atoms with Crippen LogP contribution in [-0.2, 0) is 16.6 Å². The molecule has 0 unspecified atom stereocenters. The zero-order chi connectivity index (χ0) is 31.6.